The highest BCUT2D eigenvalue weighted by atomic mass is 16.3. The Kier molecular flexibility index (Phi) is 5.22. The van der Waals surface area contributed by atoms with Gasteiger partial charge in [-0.25, -0.2) is 4.98 Å². The van der Waals surface area contributed by atoms with Crippen LogP contribution in [0.4, 0.5) is 5.95 Å². The van der Waals surface area contributed by atoms with Gasteiger partial charge < -0.3 is 10.4 Å². The lowest BCUT2D eigenvalue weighted by Gasteiger charge is -2.14. The molecule has 5 nitrogen and oxygen atoms in total. The summed E-state index contributed by atoms with van der Waals surface area (Å²) in [7, 11) is 0. The number of benzene rings is 1. The second-order valence-corrected chi connectivity index (χ2v) is 4.99. The Bertz CT molecular complexity index is 601. The van der Waals surface area contributed by atoms with E-state index in [2.05, 4.69) is 27.4 Å². The van der Waals surface area contributed by atoms with Crippen molar-refractivity contribution in [3.8, 4) is 0 Å². The Hall–Kier alpha value is -2.01. The third kappa shape index (κ3) is 3.76. The van der Waals surface area contributed by atoms with Crippen LogP contribution in [0.5, 0.6) is 0 Å². The standard InChI is InChI=1S/C16H22N4O/c1-4-13-14(5-2)19-20-16(18-13)17-10-15(21)12-9-7-6-8-11(12)3/h6-9,15,21H,4-5,10H2,1-3H3,(H,17,18,20). The summed E-state index contributed by atoms with van der Waals surface area (Å²) in [6, 6.07) is 7.80. The van der Waals surface area contributed by atoms with Crippen molar-refractivity contribution in [2.45, 2.75) is 39.7 Å². The molecule has 1 aromatic carbocycles. The topological polar surface area (TPSA) is 70.9 Å². The molecule has 0 aliphatic rings. The molecule has 0 aliphatic heterocycles. The molecule has 0 saturated heterocycles. The molecule has 0 spiro atoms. The van der Waals surface area contributed by atoms with Gasteiger partial charge in [-0.3, -0.25) is 0 Å². The van der Waals surface area contributed by atoms with Gasteiger partial charge in [0.15, 0.2) is 0 Å². The van der Waals surface area contributed by atoms with Gasteiger partial charge in [0.1, 0.15) is 0 Å². The first kappa shape index (κ1) is 15.4. The first-order valence-electron chi connectivity index (χ1n) is 7.35. The molecule has 1 heterocycles. The molecular weight excluding hydrogens is 264 g/mol. The number of hydrogen-bond donors (Lipinski definition) is 2. The van der Waals surface area contributed by atoms with Gasteiger partial charge in [0.2, 0.25) is 5.95 Å². The third-order valence-corrected chi connectivity index (χ3v) is 3.51. The van der Waals surface area contributed by atoms with Crippen LogP contribution in [0.1, 0.15) is 42.5 Å². The van der Waals surface area contributed by atoms with Gasteiger partial charge in [0.25, 0.3) is 0 Å². The van der Waals surface area contributed by atoms with E-state index in [0.29, 0.717) is 12.5 Å². The molecule has 0 aliphatic carbocycles. The van der Waals surface area contributed by atoms with Gasteiger partial charge in [0.05, 0.1) is 17.5 Å². The molecule has 1 aromatic heterocycles. The average molecular weight is 286 g/mol. The molecule has 0 amide bonds. The van der Waals surface area contributed by atoms with Crippen LogP contribution in [0.2, 0.25) is 0 Å². The molecule has 0 saturated carbocycles. The zero-order valence-electron chi connectivity index (χ0n) is 12.8. The van der Waals surface area contributed by atoms with E-state index in [1.165, 1.54) is 0 Å². The van der Waals surface area contributed by atoms with Crippen molar-refractivity contribution in [3.63, 3.8) is 0 Å². The first-order chi connectivity index (χ1) is 10.2. The summed E-state index contributed by atoms with van der Waals surface area (Å²) in [6.07, 6.45) is 1.06. The maximum absolute atomic E-state index is 10.3. The van der Waals surface area contributed by atoms with E-state index in [1.54, 1.807) is 0 Å². The minimum Gasteiger partial charge on any atom is -0.387 e. The molecular formula is C16H22N4O. The molecule has 0 fully saturated rings. The predicted octanol–water partition coefficient (Wildman–Crippen LogP) is 2.45. The van der Waals surface area contributed by atoms with Gasteiger partial charge >= 0.3 is 0 Å². The Balaban J connectivity index is 2.04. The maximum Gasteiger partial charge on any atom is 0.243 e. The summed E-state index contributed by atoms with van der Waals surface area (Å²) in [5.74, 6) is 0.469. The fourth-order valence-electron chi connectivity index (χ4n) is 2.27. The van der Waals surface area contributed by atoms with Crippen molar-refractivity contribution in [2.75, 3.05) is 11.9 Å². The van der Waals surface area contributed by atoms with Crippen molar-refractivity contribution >= 4 is 5.95 Å². The van der Waals surface area contributed by atoms with Gasteiger partial charge in [-0.05, 0) is 30.9 Å². The molecule has 2 aromatic rings. The van der Waals surface area contributed by atoms with Gasteiger partial charge in [-0.2, -0.15) is 5.10 Å². The monoisotopic (exact) mass is 286 g/mol. The summed E-state index contributed by atoms with van der Waals surface area (Å²) in [5, 5.41) is 21.6. The van der Waals surface area contributed by atoms with Crippen molar-refractivity contribution in [1.82, 2.24) is 15.2 Å². The number of aliphatic hydroxyl groups excluding tert-OH is 1. The van der Waals surface area contributed by atoms with Crippen LogP contribution in [0.25, 0.3) is 0 Å². The maximum atomic E-state index is 10.3. The molecule has 21 heavy (non-hydrogen) atoms. The minimum atomic E-state index is -0.592. The van der Waals surface area contributed by atoms with Crippen molar-refractivity contribution in [1.29, 1.82) is 0 Å². The third-order valence-electron chi connectivity index (χ3n) is 3.51. The SMILES string of the molecule is CCc1nnc(NCC(O)c2ccccc2C)nc1CC. The number of aliphatic hydroxyl groups is 1. The molecule has 1 atom stereocenters. The van der Waals surface area contributed by atoms with Crippen molar-refractivity contribution < 1.29 is 5.11 Å². The van der Waals surface area contributed by atoms with E-state index < -0.39 is 6.10 Å². The lowest BCUT2D eigenvalue weighted by atomic mass is 10.0. The normalized spacial score (nSPS) is 12.2. The highest BCUT2D eigenvalue weighted by Gasteiger charge is 2.11. The predicted molar refractivity (Wildman–Crippen MR) is 83.2 cm³/mol. The molecule has 1 unspecified atom stereocenters. The van der Waals surface area contributed by atoms with E-state index in [-0.39, 0.29) is 0 Å². The summed E-state index contributed by atoms with van der Waals surface area (Å²) < 4.78 is 0. The van der Waals surface area contributed by atoms with Crippen LogP contribution in [-0.4, -0.2) is 26.8 Å². The summed E-state index contributed by atoms with van der Waals surface area (Å²) in [5.41, 5.74) is 3.88. The van der Waals surface area contributed by atoms with E-state index in [9.17, 15) is 5.11 Å². The van der Waals surface area contributed by atoms with Crippen molar-refractivity contribution in [2.24, 2.45) is 0 Å². The molecule has 2 N–H and O–H groups in total. The molecule has 0 bridgehead atoms. The van der Waals surface area contributed by atoms with Crippen LogP contribution in [-0.2, 0) is 12.8 Å². The Morgan fingerprint density at radius 2 is 1.81 bits per heavy atom. The highest BCUT2D eigenvalue weighted by Crippen LogP contribution is 2.17. The summed E-state index contributed by atoms with van der Waals surface area (Å²) in [4.78, 5) is 4.45. The number of aromatic nitrogens is 3. The quantitative estimate of drug-likeness (QED) is 0.853. The largest absolute Gasteiger partial charge is 0.387 e. The molecule has 2 rings (SSSR count). The number of hydrogen-bond acceptors (Lipinski definition) is 5. The Labute approximate surface area is 125 Å². The fourth-order valence-corrected chi connectivity index (χ4v) is 2.27. The smallest absolute Gasteiger partial charge is 0.243 e. The zero-order valence-corrected chi connectivity index (χ0v) is 12.8. The van der Waals surface area contributed by atoms with Gasteiger partial charge in [0, 0.05) is 6.54 Å². The number of rotatable bonds is 6. The lowest BCUT2D eigenvalue weighted by molar-refractivity contribution is 0.190. The zero-order chi connectivity index (χ0) is 15.2. The molecule has 0 radical (unpaired) electrons. The van der Waals surface area contributed by atoms with Crippen LogP contribution in [0.15, 0.2) is 24.3 Å². The number of aryl methyl sites for hydroxylation is 3. The second kappa shape index (κ2) is 7.13. The second-order valence-electron chi connectivity index (χ2n) is 4.99. The number of nitrogens with zero attached hydrogens (tertiary/aromatic N) is 3. The highest BCUT2D eigenvalue weighted by molar-refractivity contribution is 5.31. The molecule has 5 heteroatoms. The van der Waals surface area contributed by atoms with E-state index >= 15 is 0 Å². The van der Waals surface area contributed by atoms with Gasteiger partial charge in [-0.15, -0.1) is 5.10 Å². The Morgan fingerprint density at radius 3 is 2.48 bits per heavy atom. The van der Waals surface area contributed by atoms with E-state index in [1.807, 2.05) is 38.1 Å². The average Bonchev–Trinajstić information content (AvgIpc) is 2.52. The van der Waals surface area contributed by atoms with Crippen LogP contribution >= 0.6 is 0 Å². The van der Waals surface area contributed by atoms with Crippen LogP contribution in [0.3, 0.4) is 0 Å². The summed E-state index contributed by atoms with van der Waals surface area (Å²) in [6.45, 7) is 6.44. The van der Waals surface area contributed by atoms with Gasteiger partial charge in [-0.1, -0.05) is 38.1 Å². The van der Waals surface area contributed by atoms with Crippen LogP contribution in [0, 0.1) is 6.92 Å². The van der Waals surface area contributed by atoms with E-state index in [0.717, 1.165) is 35.4 Å². The molecule has 112 valence electrons. The minimum absolute atomic E-state index is 0.362. The summed E-state index contributed by atoms with van der Waals surface area (Å²) >= 11 is 0. The van der Waals surface area contributed by atoms with Crippen molar-refractivity contribution in [3.05, 3.63) is 46.8 Å². The number of anilines is 1. The fraction of sp³-hybridized carbons (Fsp3) is 0.438. The lowest BCUT2D eigenvalue weighted by Crippen LogP contribution is -2.16. The van der Waals surface area contributed by atoms with E-state index in [4.69, 9.17) is 0 Å². The Morgan fingerprint density at radius 1 is 1.10 bits per heavy atom. The number of nitrogens with one attached hydrogen (secondary N) is 1. The van der Waals surface area contributed by atoms with Crippen LogP contribution < -0.4 is 5.32 Å². The first-order valence-corrected chi connectivity index (χ1v) is 7.35.